The van der Waals surface area contributed by atoms with Crippen LogP contribution >= 0.6 is 0 Å². The Hall–Kier alpha value is -1.64. The Morgan fingerprint density at radius 3 is 2.25 bits per heavy atom. The summed E-state index contributed by atoms with van der Waals surface area (Å²) >= 11 is 0. The minimum atomic E-state index is 1.02. The summed E-state index contributed by atoms with van der Waals surface area (Å²) in [6, 6.07) is 0. The minimum absolute atomic E-state index is 1.02. The summed E-state index contributed by atoms with van der Waals surface area (Å²) in [5.74, 6) is 0. The van der Waals surface area contributed by atoms with E-state index in [1.807, 2.05) is 18.2 Å². The molecule has 0 bridgehead atoms. The zero-order valence-electron chi connectivity index (χ0n) is 6.77. The molecule has 0 saturated carbocycles. The zero-order chi connectivity index (χ0) is 8.65. The van der Waals surface area contributed by atoms with Gasteiger partial charge in [0.05, 0.1) is 12.4 Å². The smallest absolute Gasteiger partial charge is 0.0690 e. The van der Waals surface area contributed by atoms with Crippen LogP contribution in [0.2, 0.25) is 0 Å². The fourth-order valence-electron chi connectivity index (χ4n) is 0.724. The van der Waals surface area contributed by atoms with E-state index in [9.17, 15) is 0 Å². The SMILES string of the molecule is C=C1C=CC=CC1.c1cn[nH]n1. The highest BCUT2D eigenvalue weighted by atomic mass is 15.3. The standard InChI is InChI=1S/C7H8.C2H3N3/c1-7-5-3-2-4-6-7;1-2-4-5-3-1/h2-5H,1,6H2;1-2H,(H,3,4,5). The molecule has 1 heterocycles. The van der Waals surface area contributed by atoms with Gasteiger partial charge in [0.2, 0.25) is 0 Å². The number of allylic oxidation sites excluding steroid dienone is 5. The monoisotopic (exact) mass is 161 g/mol. The molecule has 62 valence electrons. The number of hydrogen-bond acceptors (Lipinski definition) is 2. The zero-order valence-corrected chi connectivity index (χ0v) is 6.77. The fraction of sp³-hybridized carbons (Fsp3) is 0.111. The van der Waals surface area contributed by atoms with Crippen LogP contribution in [-0.4, -0.2) is 15.4 Å². The summed E-state index contributed by atoms with van der Waals surface area (Å²) in [5.41, 5.74) is 1.20. The number of aromatic nitrogens is 3. The van der Waals surface area contributed by atoms with Crippen molar-refractivity contribution in [3.05, 3.63) is 48.8 Å². The van der Waals surface area contributed by atoms with E-state index in [1.54, 1.807) is 12.4 Å². The lowest BCUT2D eigenvalue weighted by Crippen LogP contribution is -1.74. The van der Waals surface area contributed by atoms with Gasteiger partial charge in [-0.25, -0.2) is 0 Å². The molecule has 1 aliphatic carbocycles. The van der Waals surface area contributed by atoms with E-state index in [4.69, 9.17) is 0 Å². The summed E-state index contributed by atoms with van der Waals surface area (Å²) in [4.78, 5) is 0. The lowest BCUT2D eigenvalue weighted by molar-refractivity contribution is 0.940. The van der Waals surface area contributed by atoms with Crippen LogP contribution in [-0.2, 0) is 0 Å². The first-order valence-electron chi connectivity index (χ1n) is 3.70. The van der Waals surface area contributed by atoms with Gasteiger partial charge < -0.3 is 0 Å². The number of rotatable bonds is 0. The van der Waals surface area contributed by atoms with Crippen molar-refractivity contribution < 1.29 is 0 Å². The highest BCUT2D eigenvalue weighted by Crippen LogP contribution is 2.05. The van der Waals surface area contributed by atoms with Gasteiger partial charge in [0.1, 0.15) is 0 Å². The summed E-state index contributed by atoms with van der Waals surface area (Å²) in [6.45, 7) is 3.78. The molecule has 0 amide bonds. The molecule has 1 N–H and O–H groups in total. The van der Waals surface area contributed by atoms with Crippen molar-refractivity contribution in [3.63, 3.8) is 0 Å². The lowest BCUT2D eigenvalue weighted by atomic mass is 10.1. The number of nitrogens with one attached hydrogen (secondary N) is 1. The van der Waals surface area contributed by atoms with Crippen LogP contribution < -0.4 is 0 Å². The summed E-state index contributed by atoms with van der Waals surface area (Å²) in [6.07, 6.45) is 12.4. The molecule has 0 fully saturated rings. The van der Waals surface area contributed by atoms with Crippen molar-refractivity contribution in [1.82, 2.24) is 15.4 Å². The van der Waals surface area contributed by atoms with Gasteiger partial charge in [0.25, 0.3) is 0 Å². The van der Waals surface area contributed by atoms with Gasteiger partial charge in [-0.1, -0.05) is 36.5 Å². The maximum atomic E-state index is 3.78. The molecule has 0 saturated heterocycles. The van der Waals surface area contributed by atoms with Crippen molar-refractivity contribution in [2.75, 3.05) is 0 Å². The molecule has 12 heavy (non-hydrogen) atoms. The van der Waals surface area contributed by atoms with Gasteiger partial charge in [-0.15, -0.1) is 0 Å². The minimum Gasteiger partial charge on any atom is -0.198 e. The molecule has 0 atom stereocenters. The lowest BCUT2D eigenvalue weighted by Gasteiger charge is -1.94. The fourth-order valence-corrected chi connectivity index (χ4v) is 0.724. The van der Waals surface area contributed by atoms with Crippen LogP contribution in [0.4, 0.5) is 0 Å². The van der Waals surface area contributed by atoms with Crippen LogP contribution in [0.1, 0.15) is 6.42 Å². The molecule has 3 heteroatoms. The average Bonchev–Trinajstić information content (AvgIpc) is 2.62. The summed E-state index contributed by atoms with van der Waals surface area (Å²) in [5, 5.41) is 9.33. The highest BCUT2D eigenvalue weighted by Gasteiger charge is 1.84. The van der Waals surface area contributed by atoms with Gasteiger partial charge in [-0.05, 0) is 6.42 Å². The highest BCUT2D eigenvalue weighted by molar-refractivity contribution is 5.26. The number of hydrogen-bond donors (Lipinski definition) is 1. The molecular weight excluding hydrogens is 150 g/mol. The number of aromatic amines is 1. The van der Waals surface area contributed by atoms with Gasteiger partial charge in [-0.2, -0.15) is 15.4 Å². The maximum Gasteiger partial charge on any atom is 0.0690 e. The van der Waals surface area contributed by atoms with E-state index >= 15 is 0 Å². The second-order valence-corrected chi connectivity index (χ2v) is 2.31. The number of H-pyrrole nitrogens is 1. The third kappa shape index (κ3) is 3.51. The van der Waals surface area contributed by atoms with Crippen molar-refractivity contribution in [1.29, 1.82) is 0 Å². The molecule has 1 aromatic heterocycles. The Morgan fingerprint density at radius 2 is 2.00 bits per heavy atom. The largest absolute Gasteiger partial charge is 0.198 e. The van der Waals surface area contributed by atoms with E-state index in [0.29, 0.717) is 0 Å². The first-order valence-corrected chi connectivity index (χ1v) is 3.70. The Balaban J connectivity index is 0.000000127. The topological polar surface area (TPSA) is 41.6 Å². The van der Waals surface area contributed by atoms with Crippen molar-refractivity contribution in [2.45, 2.75) is 6.42 Å². The Bertz CT molecular complexity index is 253. The van der Waals surface area contributed by atoms with Crippen molar-refractivity contribution >= 4 is 0 Å². The molecule has 0 unspecified atom stereocenters. The molecule has 0 aliphatic heterocycles. The summed E-state index contributed by atoms with van der Waals surface area (Å²) in [7, 11) is 0. The third-order valence-electron chi connectivity index (χ3n) is 1.29. The van der Waals surface area contributed by atoms with E-state index in [2.05, 4.69) is 28.1 Å². The number of nitrogens with zero attached hydrogens (tertiary/aromatic N) is 2. The van der Waals surface area contributed by atoms with Crippen LogP contribution in [0.3, 0.4) is 0 Å². The molecular formula is C9H11N3. The second kappa shape index (κ2) is 5.07. The van der Waals surface area contributed by atoms with E-state index in [-0.39, 0.29) is 0 Å². The van der Waals surface area contributed by atoms with Gasteiger partial charge in [-0.3, -0.25) is 0 Å². The molecule has 2 rings (SSSR count). The third-order valence-corrected chi connectivity index (χ3v) is 1.29. The van der Waals surface area contributed by atoms with Crippen LogP contribution in [0, 0.1) is 0 Å². The van der Waals surface area contributed by atoms with Crippen LogP contribution in [0.15, 0.2) is 48.8 Å². The maximum absolute atomic E-state index is 3.78. The van der Waals surface area contributed by atoms with Crippen LogP contribution in [0.25, 0.3) is 0 Å². The molecule has 1 aromatic rings. The predicted molar refractivity (Wildman–Crippen MR) is 48.4 cm³/mol. The Kier molecular flexibility index (Phi) is 3.57. The molecule has 0 spiro atoms. The normalized spacial score (nSPS) is 13.8. The van der Waals surface area contributed by atoms with E-state index in [0.717, 1.165) is 6.42 Å². The van der Waals surface area contributed by atoms with Crippen molar-refractivity contribution in [3.8, 4) is 0 Å². The first-order chi connectivity index (χ1) is 5.89. The van der Waals surface area contributed by atoms with Crippen molar-refractivity contribution in [2.24, 2.45) is 0 Å². The first kappa shape index (κ1) is 8.46. The molecule has 0 aromatic carbocycles. The average molecular weight is 161 g/mol. The molecule has 0 radical (unpaired) electrons. The Morgan fingerprint density at radius 1 is 1.25 bits per heavy atom. The summed E-state index contributed by atoms with van der Waals surface area (Å²) < 4.78 is 0. The molecule has 3 nitrogen and oxygen atoms in total. The quantitative estimate of drug-likeness (QED) is 0.631. The van der Waals surface area contributed by atoms with Crippen LogP contribution in [0.5, 0.6) is 0 Å². The predicted octanol–water partition coefficient (Wildman–Crippen LogP) is 1.86. The van der Waals surface area contributed by atoms with Gasteiger partial charge in [0, 0.05) is 0 Å². The van der Waals surface area contributed by atoms with Gasteiger partial charge in [0.15, 0.2) is 0 Å². The van der Waals surface area contributed by atoms with Gasteiger partial charge >= 0.3 is 0 Å². The molecule has 1 aliphatic rings. The van der Waals surface area contributed by atoms with E-state index < -0.39 is 0 Å². The second-order valence-electron chi connectivity index (χ2n) is 2.31. The van der Waals surface area contributed by atoms with E-state index in [1.165, 1.54) is 5.57 Å². The Labute approximate surface area is 71.5 Å².